The number of halogens is 1. The first-order valence-corrected chi connectivity index (χ1v) is 6.19. The zero-order valence-corrected chi connectivity index (χ0v) is 10.7. The number of nitriles is 1. The quantitative estimate of drug-likeness (QED) is 0.925. The SMILES string of the molecule is CCC(C#N)C(=O)NCc1ccc(Br)s1. The van der Waals surface area contributed by atoms with Gasteiger partial charge in [-0.2, -0.15) is 5.26 Å². The van der Waals surface area contributed by atoms with Crippen molar-refractivity contribution in [3.63, 3.8) is 0 Å². The molecule has 0 aromatic carbocycles. The maximum atomic E-state index is 11.4. The van der Waals surface area contributed by atoms with Crippen LogP contribution in [-0.2, 0) is 11.3 Å². The minimum Gasteiger partial charge on any atom is -0.350 e. The maximum absolute atomic E-state index is 11.4. The molecule has 0 radical (unpaired) electrons. The van der Waals surface area contributed by atoms with Gasteiger partial charge in [0.15, 0.2) is 0 Å². The van der Waals surface area contributed by atoms with E-state index in [1.807, 2.05) is 25.1 Å². The van der Waals surface area contributed by atoms with Gasteiger partial charge >= 0.3 is 0 Å². The van der Waals surface area contributed by atoms with Crippen molar-refractivity contribution in [2.45, 2.75) is 19.9 Å². The molecule has 1 aromatic heterocycles. The summed E-state index contributed by atoms with van der Waals surface area (Å²) in [6.07, 6.45) is 0.552. The van der Waals surface area contributed by atoms with Crippen LogP contribution in [0.2, 0.25) is 0 Å². The number of rotatable bonds is 4. The van der Waals surface area contributed by atoms with E-state index in [0.717, 1.165) is 8.66 Å². The van der Waals surface area contributed by atoms with Crippen LogP contribution in [0.5, 0.6) is 0 Å². The molecule has 1 N–H and O–H groups in total. The number of carbonyl (C=O) groups is 1. The van der Waals surface area contributed by atoms with Crippen molar-refractivity contribution in [2.75, 3.05) is 0 Å². The van der Waals surface area contributed by atoms with E-state index < -0.39 is 5.92 Å². The molecule has 1 aromatic rings. The number of hydrogen-bond acceptors (Lipinski definition) is 3. The van der Waals surface area contributed by atoms with Crippen LogP contribution in [0.25, 0.3) is 0 Å². The van der Waals surface area contributed by atoms with E-state index >= 15 is 0 Å². The Bertz CT molecular complexity index is 383. The molecule has 0 saturated carbocycles. The molecule has 0 fully saturated rings. The van der Waals surface area contributed by atoms with Crippen molar-refractivity contribution in [3.05, 3.63) is 20.8 Å². The molecule has 1 unspecified atom stereocenters. The molecule has 3 nitrogen and oxygen atoms in total. The Labute approximate surface area is 101 Å². The highest BCUT2D eigenvalue weighted by molar-refractivity contribution is 9.11. The summed E-state index contributed by atoms with van der Waals surface area (Å²) in [5.74, 6) is -0.724. The van der Waals surface area contributed by atoms with Crippen LogP contribution in [0.4, 0.5) is 0 Å². The predicted octanol–water partition coefficient (Wildman–Crippen LogP) is 2.68. The fraction of sp³-hybridized carbons (Fsp3) is 0.400. The van der Waals surface area contributed by atoms with Crippen molar-refractivity contribution in [1.82, 2.24) is 5.32 Å². The molecular weight excluding hydrogens is 276 g/mol. The third-order valence-electron chi connectivity index (χ3n) is 1.95. The van der Waals surface area contributed by atoms with Crippen LogP contribution in [0.15, 0.2) is 15.9 Å². The molecule has 0 aliphatic heterocycles. The van der Waals surface area contributed by atoms with Gasteiger partial charge in [0.25, 0.3) is 0 Å². The van der Waals surface area contributed by atoms with Crippen LogP contribution in [0.1, 0.15) is 18.2 Å². The Hall–Kier alpha value is -0.860. The van der Waals surface area contributed by atoms with Crippen molar-refractivity contribution in [1.29, 1.82) is 5.26 Å². The minimum absolute atomic E-state index is 0.190. The lowest BCUT2D eigenvalue weighted by atomic mass is 10.1. The van der Waals surface area contributed by atoms with Gasteiger partial charge in [0.05, 0.1) is 16.4 Å². The standard InChI is InChI=1S/C10H11BrN2OS/c1-2-7(5-12)10(14)13-6-8-3-4-9(11)15-8/h3-4,7H,2,6H2,1H3,(H,13,14). The van der Waals surface area contributed by atoms with Crippen LogP contribution in [0, 0.1) is 17.2 Å². The number of hydrogen-bond donors (Lipinski definition) is 1. The van der Waals surface area contributed by atoms with Gasteiger partial charge in [0.1, 0.15) is 5.92 Å². The molecule has 1 heterocycles. The molecule has 1 amide bonds. The summed E-state index contributed by atoms with van der Waals surface area (Å²) in [5.41, 5.74) is 0. The van der Waals surface area contributed by atoms with Gasteiger partial charge in [-0.3, -0.25) is 4.79 Å². The number of thiophene rings is 1. The molecular formula is C10H11BrN2OS. The van der Waals surface area contributed by atoms with Crippen molar-refractivity contribution < 1.29 is 4.79 Å². The summed E-state index contributed by atoms with van der Waals surface area (Å²) in [5, 5.41) is 11.4. The Morgan fingerprint density at radius 3 is 2.93 bits per heavy atom. The van der Waals surface area contributed by atoms with Gasteiger partial charge in [0.2, 0.25) is 5.91 Å². The van der Waals surface area contributed by atoms with Crippen molar-refractivity contribution in [3.8, 4) is 6.07 Å². The van der Waals surface area contributed by atoms with Crippen LogP contribution in [0.3, 0.4) is 0 Å². The fourth-order valence-electron chi connectivity index (χ4n) is 1.08. The van der Waals surface area contributed by atoms with Gasteiger partial charge < -0.3 is 5.32 Å². The first-order chi connectivity index (χ1) is 7.17. The topological polar surface area (TPSA) is 52.9 Å². The number of nitrogens with zero attached hydrogens (tertiary/aromatic N) is 1. The van der Waals surface area contributed by atoms with Crippen molar-refractivity contribution in [2.24, 2.45) is 5.92 Å². The molecule has 80 valence electrons. The second kappa shape index (κ2) is 5.89. The van der Waals surface area contributed by atoms with Crippen LogP contribution < -0.4 is 5.32 Å². The van der Waals surface area contributed by atoms with Gasteiger partial charge in [-0.05, 0) is 34.5 Å². The molecule has 0 spiro atoms. The molecule has 1 rings (SSSR count). The van der Waals surface area contributed by atoms with E-state index in [0.29, 0.717) is 13.0 Å². The predicted molar refractivity (Wildman–Crippen MR) is 63.3 cm³/mol. The van der Waals surface area contributed by atoms with Crippen molar-refractivity contribution >= 4 is 33.2 Å². The van der Waals surface area contributed by atoms with Crippen LogP contribution >= 0.6 is 27.3 Å². The van der Waals surface area contributed by atoms with E-state index in [1.165, 1.54) is 0 Å². The van der Waals surface area contributed by atoms with Gasteiger partial charge in [-0.15, -0.1) is 11.3 Å². The summed E-state index contributed by atoms with van der Waals surface area (Å²) in [6.45, 7) is 2.32. The minimum atomic E-state index is -0.534. The van der Waals surface area contributed by atoms with Gasteiger partial charge in [-0.25, -0.2) is 0 Å². The summed E-state index contributed by atoms with van der Waals surface area (Å²) < 4.78 is 1.04. The number of nitrogens with one attached hydrogen (secondary N) is 1. The highest BCUT2D eigenvalue weighted by atomic mass is 79.9. The molecule has 5 heteroatoms. The second-order valence-electron chi connectivity index (χ2n) is 3.01. The Morgan fingerprint density at radius 2 is 2.47 bits per heavy atom. The highest BCUT2D eigenvalue weighted by Gasteiger charge is 2.14. The second-order valence-corrected chi connectivity index (χ2v) is 5.56. The first kappa shape index (κ1) is 12.2. The molecule has 1 atom stereocenters. The lowest BCUT2D eigenvalue weighted by Crippen LogP contribution is -2.28. The lowest BCUT2D eigenvalue weighted by molar-refractivity contribution is -0.123. The summed E-state index contributed by atoms with van der Waals surface area (Å²) >= 11 is 4.92. The number of carbonyl (C=O) groups excluding carboxylic acids is 1. The first-order valence-electron chi connectivity index (χ1n) is 4.59. The summed E-state index contributed by atoms with van der Waals surface area (Å²) in [4.78, 5) is 12.5. The smallest absolute Gasteiger partial charge is 0.237 e. The molecule has 0 bridgehead atoms. The maximum Gasteiger partial charge on any atom is 0.237 e. The number of amides is 1. The Balaban J connectivity index is 2.44. The van der Waals surface area contributed by atoms with E-state index in [1.54, 1.807) is 11.3 Å². The highest BCUT2D eigenvalue weighted by Crippen LogP contribution is 2.21. The van der Waals surface area contributed by atoms with Gasteiger partial charge in [-0.1, -0.05) is 6.92 Å². The lowest BCUT2D eigenvalue weighted by Gasteiger charge is -2.06. The average molecular weight is 287 g/mol. The van der Waals surface area contributed by atoms with Crippen LogP contribution in [-0.4, -0.2) is 5.91 Å². The third kappa shape index (κ3) is 3.65. The Morgan fingerprint density at radius 1 is 1.73 bits per heavy atom. The van der Waals surface area contributed by atoms with E-state index in [2.05, 4.69) is 21.2 Å². The molecule has 0 aliphatic rings. The van der Waals surface area contributed by atoms with E-state index in [9.17, 15) is 4.79 Å². The normalized spacial score (nSPS) is 11.8. The van der Waals surface area contributed by atoms with Gasteiger partial charge in [0, 0.05) is 4.88 Å². The zero-order chi connectivity index (χ0) is 11.3. The monoisotopic (exact) mass is 286 g/mol. The fourth-order valence-corrected chi connectivity index (χ4v) is 2.50. The molecule has 0 saturated heterocycles. The largest absolute Gasteiger partial charge is 0.350 e. The third-order valence-corrected chi connectivity index (χ3v) is 3.57. The average Bonchev–Trinajstić information content (AvgIpc) is 2.63. The Kier molecular flexibility index (Phi) is 4.79. The summed E-state index contributed by atoms with van der Waals surface area (Å²) in [6, 6.07) is 5.86. The zero-order valence-electron chi connectivity index (χ0n) is 8.29. The van der Waals surface area contributed by atoms with E-state index in [-0.39, 0.29) is 5.91 Å². The summed E-state index contributed by atoms with van der Waals surface area (Å²) in [7, 11) is 0. The molecule has 15 heavy (non-hydrogen) atoms. The van der Waals surface area contributed by atoms with E-state index in [4.69, 9.17) is 5.26 Å². The molecule has 0 aliphatic carbocycles.